The molecule has 0 bridgehead atoms. The van der Waals surface area contributed by atoms with E-state index >= 15 is 0 Å². The van der Waals surface area contributed by atoms with Crippen LogP contribution in [0.1, 0.15) is 25.2 Å². The summed E-state index contributed by atoms with van der Waals surface area (Å²) in [6.45, 7) is 6.24. The average molecular weight is 242 g/mol. The minimum absolute atomic E-state index is 0.267. The lowest BCUT2D eigenvalue weighted by Gasteiger charge is -2.06. The summed E-state index contributed by atoms with van der Waals surface area (Å²) in [5.74, 6) is 2.20. The summed E-state index contributed by atoms with van der Waals surface area (Å²) in [4.78, 5) is 12.4. The largest absolute Gasteiger partial charge is 0.368 e. The summed E-state index contributed by atoms with van der Waals surface area (Å²) in [6.07, 6.45) is 1.08. The molecule has 0 amide bonds. The van der Waals surface area contributed by atoms with Gasteiger partial charge in [-0.1, -0.05) is 38.1 Å². The van der Waals surface area contributed by atoms with Crippen molar-refractivity contribution in [3.63, 3.8) is 0 Å². The number of nitrogens with zero attached hydrogens (tertiary/aromatic N) is 3. The molecule has 2 aromatic rings. The van der Waals surface area contributed by atoms with E-state index in [1.807, 2.05) is 19.1 Å². The molecule has 4 heteroatoms. The van der Waals surface area contributed by atoms with Gasteiger partial charge >= 0.3 is 0 Å². The van der Waals surface area contributed by atoms with Crippen molar-refractivity contribution in [2.24, 2.45) is 5.92 Å². The predicted octanol–water partition coefficient (Wildman–Crippen LogP) is 2.63. The molecule has 1 aromatic carbocycles. The molecule has 0 atom stereocenters. The fourth-order valence-corrected chi connectivity index (χ4v) is 1.89. The third-order valence-electron chi connectivity index (χ3n) is 2.62. The van der Waals surface area contributed by atoms with Crippen molar-refractivity contribution in [3.8, 4) is 11.4 Å². The third-order valence-corrected chi connectivity index (χ3v) is 2.62. The van der Waals surface area contributed by atoms with Gasteiger partial charge in [0, 0.05) is 5.56 Å². The molecule has 0 aliphatic carbocycles. The van der Waals surface area contributed by atoms with Crippen molar-refractivity contribution < 1.29 is 0 Å². The molecule has 0 aliphatic heterocycles. The van der Waals surface area contributed by atoms with Crippen molar-refractivity contribution in [1.29, 1.82) is 0 Å². The molecule has 0 saturated heterocycles. The number of rotatable bonds is 3. The Balaban J connectivity index is 2.28. The Hall–Kier alpha value is -1.97. The molecule has 0 saturated carbocycles. The number of nitrogens with two attached hydrogens (primary N) is 1. The molecular formula is C14H18N4. The van der Waals surface area contributed by atoms with Gasteiger partial charge in [-0.3, -0.25) is 0 Å². The highest BCUT2D eigenvalue weighted by molar-refractivity contribution is 5.56. The van der Waals surface area contributed by atoms with Crippen LogP contribution < -0.4 is 5.73 Å². The second-order valence-electron chi connectivity index (χ2n) is 4.86. The molecule has 2 rings (SSSR count). The van der Waals surface area contributed by atoms with E-state index in [2.05, 4.69) is 40.9 Å². The topological polar surface area (TPSA) is 64.7 Å². The lowest BCUT2D eigenvalue weighted by molar-refractivity contribution is 0.647. The molecule has 2 N–H and O–H groups in total. The Labute approximate surface area is 107 Å². The first-order valence-corrected chi connectivity index (χ1v) is 6.12. The van der Waals surface area contributed by atoms with Gasteiger partial charge in [-0.05, 0) is 24.8 Å². The molecule has 0 aliphatic rings. The zero-order valence-corrected chi connectivity index (χ0v) is 11.0. The van der Waals surface area contributed by atoms with Crippen LogP contribution in [0.25, 0.3) is 11.4 Å². The summed E-state index contributed by atoms with van der Waals surface area (Å²) >= 11 is 0. The van der Waals surface area contributed by atoms with Crippen molar-refractivity contribution in [2.45, 2.75) is 27.2 Å². The highest BCUT2D eigenvalue weighted by Crippen LogP contribution is 2.17. The second-order valence-corrected chi connectivity index (χ2v) is 4.86. The fourth-order valence-electron chi connectivity index (χ4n) is 1.89. The standard InChI is InChI=1S/C14H18N4/c1-9(2)8-11-4-6-12(7-5-11)13-16-10(3)17-14(15)18-13/h4-7,9H,8H2,1-3H3,(H2,15,16,17,18). The van der Waals surface area contributed by atoms with E-state index in [1.165, 1.54) is 5.56 Å². The molecule has 18 heavy (non-hydrogen) atoms. The number of nitrogen functional groups attached to an aromatic ring is 1. The molecule has 94 valence electrons. The summed E-state index contributed by atoms with van der Waals surface area (Å²) in [6, 6.07) is 8.30. The number of hydrogen-bond acceptors (Lipinski definition) is 4. The Morgan fingerprint density at radius 1 is 1.06 bits per heavy atom. The van der Waals surface area contributed by atoms with Crippen LogP contribution >= 0.6 is 0 Å². The Bertz CT molecular complexity index is 512. The van der Waals surface area contributed by atoms with Gasteiger partial charge in [0.15, 0.2) is 5.82 Å². The minimum Gasteiger partial charge on any atom is -0.368 e. The smallest absolute Gasteiger partial charge is 0.223 e. The molecule has 0 unspecified atom stereocenters. The summed E-state index contributed by atoms with van der Waals surface area (Å²) in [7, 11) is 0. The van der Waals surface area contributed by atoms with Gasteiger partial charge in [0.05, 0.1) is 0 Å². The van der Waals surface area contributed by atoms with Crippen LogP contribution in [0.4, 0.5) is 5.95 Å². The van der Waals surface area contributed by atoms with Gasteiger partial charge in [0.1, 0.15) is 5.82 Å². The van der Waals surface area contributed by atoms with E-state index in [0.717, 1.165) is 12.0 Å². The molecule has 0 radical (unpaired) electrons. The summed E-state index contributed by atoms with van der Waals surface area (Å²) in [5.41, 5.74) is 7.93. The summed E-state index contributed by atoms with van der Waals surface area (Å²) < 4.78 is 0. The highest BCUT2D eigenvalue weighted by atomic mass is 15.1. The van der Waals surface area contributed by atoms with Gasteiger partial charge < -0.3 is 5.73 Å². The quantitative estimate of drug-likeness (QED) is 0.898. The lowest BCUT2D eigenvalue weighted by atomic mass is 10.0. The first-order valence-electron chi connectivity index (χ1n) is 6.12. The van der Waals surface area contributed by atoms with E-state index in [1.54, 1.807) is 0 Å². The second kappa shape index (κ2) is 5.12. The zero-order chi connectivity index (χ0) is 13.1. The third kappa shape index (κ3) is 3.03. The predicted molar refractivity (Wildman–Crippen MR) is 73.0 cm³/mol. The number of anilines is 1. The van der Waals surface area contributed by atoms with E-state index in [-0.39, 0.29) is 5.95 Å². The molecule has 0 spiro atoms. The number of hydrogen-bond donors (Lipinski definition) is 1. The monoisotopic (exact) mass is 242 g/mol. The van der Waals surface area contributed by atoms with Gasteiger partial charge in [0.25, 0.3) is 0 Å². The van der Waals surface area contributed by atoms with Crippen molar-refractivity contribution >= 4 is 5.95 Å². The average Bonchev–Trinajstić information content (AvgIpc) is 2.27. The van der Waals surface area contributed by atoms with E-state index in [9.17, 15) is 0 Å². The van der Waals surface area contributed by atoms with Crippen molar-refractivity contribution in [1.82, 2.24) is 15.0 Å². The number of aromatic nitrogens is 3. The normalized spacial score (nSPS) is 10.9. The van der Waals surface area contributed by atoms with E-state index < -0.39 is 0 Å². The van der Waals surface area contributed by atoms with Crippen LogP contribution in [0.5, 0.6) is 0 Å². The van der Waals surface area contributed by atoms with E-state index in [4.69, 9.17) is 5.73 Å². The number of aryl methyl sites for hydroxylation is 1. The lowest BCUT2D eigenvalue weighted by Crippen LogP contribution is -2.02. The van der Waals surface area contributed by atoms with Crippen LogP contribution in [0.3, 0.4) is 0 Å². The van der Waals surface area contributed by atoms with Crippen LogP contribution in [-0.4, -0.2) is 15.0 Å². The fraction of sp³-hybridized carbons (Fsp3) is 0.357. The molecular weight excluding hydrogens is 224 g/mol. The SMILES string of the molecule is Cc1nc(N)nc(-c2ccc(CC(C)C)cc2)n1. The van der Waals surface area contributed by atoms with Gasteiger partial charge in [0.2, 0.25) is 5.95 Å². The van der Waals surface area contributed by atoms with Crippen molar-refractivity contribution in [2.75, 3.05) is 5.73 Å². The van der Waals surface area contributed by atoms with Gasteiger partial charge in [-0.2, -0.15) is 9.97 Å². The molecule has 0 fully saturated rings. The number of benzene rings is 1. The van der Waals surface area contributed by atoms with Crippen LogP contribution in [0, 0.1) is 12.8 Å². The maximum Gasteiger partial charge on any atom is 0.223 e. The van der Waals surface area contributed by atoms with Gasteiger partial charge in [-0.25, -0.2) is 4.98 Å². The first-order chi connectivity index (χ1) is 8.54. The Morgan fingerprint density at radius 2 is 1.72 bits per heavy atom. The molecule has 1 heterocycles. The Morgan fingerprint density at radius 3 is 2.28 bits per heavy atom. The molecule has 4 nitrogen and oxygen atoms in total. The summed E-state index contributed by atoms with van der Waals surface area (Å²) in [5, 5.41) is 0. The van der Waals surface area contributed by atoms with Gasteiger partial charge in [-0.15, -0.1) is 0 Å². The zero-order valence-electron chi connectivity index (χ0n) is 11.0. The highest BCUT2D eigenvalue weighted by Gasteiger charge is 2.05. The Kier molecular flexibility index (Phi) is 3.55. The van der Waals surface area contributed by atoms with Crippen LogP contribution in [-0.2, 0) is 6.42 Å². The van der Waals surface area contributed by atoms with Crippen LogP contribution in [0.15, 0.2) is 24.3 Å². The maximum atomic E-state index is 5.63. The minimum atomic E-state index is 0.267. The van der Waals surface area contributed by atoms with E-state index in [0.29, 0.717) is 17.6 Å². The van der Waals surface area contributed by atoms with Crippen molar-refractivity contribution in [3.05, 3.63) is 35.7 Å². The maximum absolute atomic E-state index is 5.63. The molecule has 1 aromatic heterocycles. The van der Waals surface area contributed by atoms with Crippen LogP contribution in [0.2, 0.25) is 0 Å². The first kappa shape index (κ1) is 12.5.